The Kier molecular flexibility index (Phi) is 2.93. The highest BCUT2D eigenvalue weighted by Gasteiger charge is 2.39. The van der Waals surface area contributed by atoms with Gasteiger partial charge in [0.25, 0.3) is 0 Å². The fourth-order valence-electron chi connectivity index (χ4n) is 1.65. The number of hydrogen-bond donors (Lipinski definition) is 0. The number of fused-ring (bicyclic) bond motifs is 1. The van der Waals surface area contributed by atoms with Crippen LogP contribution in [0.4, 0.5) is 13.2 Å². The highest BCUT2D eigenvalue weighted by atomic mass is 79.9. The summed E-state index contributed by atoms with van der Waals surface area (Å²) in [5.74, 6) is 0. The molecule has 0 saturated carbocycles. The molecule has 0 aromatic heterocycles. The minimum Gasteiger partial charge on any atom is -0.169 e. The lowest BCUT2D eigenvalue weighted by Crippen LogP contribution is -2.15. The molecule has 0 amide bonds. The van der Waals surface area contributed by atoms with Crippen LogP contribution in [-0.4, -0.2) is 6.18 Å². The maximum Gasteiger partial charge on any atom is 0.405 e. The van der Waals surface area contributed by atoms with Gasteiger partial charge < -0.3 is 0 Å². The number of benzene rings is 2. The van der Waals surface area contributed by atoms with Crippen molar-refractivity contribution >= 4 is 26.7 Å². The van der Waals surface area contributed by atoms with Gasteiger partial charge in [0.05, 0.1) is 0 Å². The van der Waals surface area contributed by atoms with Gasteiger partial charge in [-0.1, -0.05) is 58.4 Å². The number of alkyl halides is 4. The first-order valence-corrected chi connectivity index (χ1v) is 5.60. The van der Waals surface area contributed by atoms with Crippen molar-refractivity contribution in [3.63, 3.8) is 0 Å². The Morgan fingerprint density at radius 2 is 1.56 bits per heavy atom. The molecule has 84 valence electrons. The van der Waals surface area contributed by atoms with Crippen molar-refractivity contribution in [2.24, 2.45) is 0 Å². The summed E-state index contributed by atoms with van der Waals surface area (Å²) in [6.45, 7) is 0. The van der Waals surface area contributed by atoms with E-state index in [4.69, 9.17) is 0 Å². The van der Waals surface area contributed by atoms with Crippen LogP contribution < -0.4 is 0 Å². The first-order chi connectivity index (χ1) is 7.50. The molecule has 2 aromatic rings. The van der Waals surface area contributed by atoms with Crippen LogP contribution in [0.3, 0.4) is 0 Å². The zero-order valence-electron chi connectivity index (χ0n) is 8.13. The van der Waals surface area contributed by atoms with E-state index in [0.717, 1.165) is 5.39 Å². The van der Waals surface area contributed by atoms with Gasteiger partial charge in [-0.25, -0.2) is 0 Å². The van der Waals surface area contributed by atoms with Crippen molar-refractivity contribution in [1.82, 2.24) is 0 Å². The second-order valence-electron chi connectivity index (χ2n) is 3.47. The molecular formula is C12H8BrF3. The van der Waals surface area contributed by atoms with E-state index >= 15 is 0 Å². The Bertz CT molecular complexity index is 500. The Morgan fingerprint density at radius 1 is 0.938 bits per heavy atom. The maximum atomic E-state index is 12.6. The van der Waals surface area contributed by atoms with Crippen molar-refractivity contribution in [2.45, 2.75) is 11.0 Å². The van der Waals surface area contributed by atoms with Crippen LogP contribution in [0.2, 0.25) is 0 Å². The van der Waals surface area contributed by atoms with Gasteiger partial charge in [0, 0.05) is 0 Å². The molecule has 1 unspecified atom stereocenters. The van der Waals surface area contributed by atoms with Crippen LogP contribution in [0, 0.1) is 0 Å². The number of halogens is 4. The van der Waals surface area contributed by atoms with Crippen LogP contribution in [0.5, 0.6) is 0 Å². The monoisotopic (exact) mass is 288 g/mol. The summed E-state index contributed by atoms with van der Waals surface area (Å²) in [5.41, 5.74) is 0.255. The molecule has 0 radical (unpaired) electrons. The third-order valence-electron chi connectivity index (χ3n) is 2.38. The minimum atomic E-state index is -4.27. The topological polar surface area (TPSA) is 0 Å². The lowest BCUT2D eigenvalue weighted by atomic mass is 10.0. The molecule has 0 spiro atoms. The average Bonchev–Trinajstić information content (AvgIpc) is 2.26. The molecule has 0 aliphatic rings. The van der Waals surface area contributed by atoms with Gasteiger partial charge in [-0.3, -0.25) is 0 Å². The summed E-state index contributed by atoms with van der Waals surface area (Å²) in [7, 11) is 0. The Hall–Kier alpha value is -1.03. The standard InChI is InChI=1S/C12H8BrF3/c13-11(12(14,15)16)10-7-3-5-8-4-1-2-6-9(8)10/h1-7,11H. The van der Waals surface area contributed by atoms with E-state index in [-0.39, 0.29) is 5.56 Å². The summed E-state index contributed by atoms with van der Waals surface area (Å²) in [5, 5.41) is 1.44. The second kappa shape index (κ2) is 4.09. The van der Waals surface area contributed by atoms with E-state index in [0.29, 0.717) is 5.39 Å². The van der Waals surface area contributed by atoms with E-state index in [9.17, 15) is 13.2 Å². The zero-order chi connectivity index (χ0) is 11.8. The van der Waals surface area contributed by atoms with E-state index in [2.05, 4.69) is 15.9 Å². The van der Waals surface area contributed by atoms with Crippen molar-refractivity contribution in [3.8, 4) is 0 Å². The van der Waals surface area contributed by atoms with Crippen LogP contribution in [0.15, 0.2) is 42.5 Å². The molecule has 2 aromatic carbocycles. The summed E-state index contributed by atoms with van der Waals surface area (Å²) >= 11 is 2.70. The van der Waals surface area contributed by atoms with Crippen LogP contribution in [-0.2, 0) is 0 Å². The third kappa shape index (κ3) is 2.07. The minimum absolute atomic E-state index is 0.255. The zero-order valence-corrected chi connectivity index (χ0v) is 9.72. The van der Waals surface area contributed by atoms with Gasteiger partial charge in [-0.2, -0.15) is 13.2 Å². The third-order valence-corrected chi connectivity index (χ3v) is 3.40. The van der Waals surface area contributed by atoms with Crippen molar-refractivity contribution in [1.29, 1.82) is 0 Å². The molecule has 1 atom stereocenters. The lowest BCUT2D eigenvalue weighted by Gasteiger charge is -2.16. The smallest absolute Gasteiger partial charge is 0.169 e. The Balaban J connectivity index is 2.61. The number of rotatable bonds is 1. The van der Waals surface area contributed by atoms with Gasteiger partial charge in [-0.05, 0) is 16.3 Å². The summed E-state index contributed by atoms with van der Waals surface area (Å²) in [4.78, 5) is -1.62. The van der Waals surface area contributed by atoms with Gasteiger partial charge in [0.2, 0.25) is 0 Å². The fraction of sp³-hybridized carbons (Fsp3) is 0.167. The van der Waals surface area contributed by atoms with E-state index in [1.807, 2.05) is 6.07 Å². The fourth-order valence-corrected chi connectivity index (χ4v) is 2.05. The summed E-state index contributed by atoms with van der Waals surface area (Å²) in [6.07, 6.45) is -4.27. The Labute approximate surface area is 99.2 Å². The largest absolute Gasteiger partial charge is 0.405 e. The molecule has 0 N–H and O–H groups in total. The van der Waals surface area contributed by atoms with E-state index in [1.165, 1.54) is 6.07 Å². The van der Waals surface area contributed by atoms with Crippen LogP contribution >= 0.6 is 15.9 Å². The molecular weight excluding hydrogens is 281 g/mol. The van der Waals surface area contributed by atoms with E-state index < -0.39 is 11.0 Å². The average molecular weight is 289 g/mol. The van der Waals surface area contributed by atoms with Gasteiger partial charge in [0.15, 0.2) is 0 Å². The maximum absolute atomic E-state index is 12.6. The molecule has 0 aliphatic carbocycles. The molecule has 16 heavy (non-hydrogen) atoms. The van der Waals surface area contributed by atoms with Crippen molar-refractivity contribution in [2.75, 3.05) is 0 Å². The van der Waals surface area contributed by atoms with Crippen molar-refractivity contribution < 1.29 is 13.2 Å². The van der Waals surface area contributed by atoms with Gasteiger partial charge in [0.1, 0.15) is 4.83 Å². The molecule has 0 aliphatic heterocycles. The lowest BCUT2D eigenvalue weighted by molar-refractivity contribution is -0.128. The summed E-state index contributed by atoms with van der Waals surface area (Å²) in [6, 6.07) is 12.0. The Morgan fingerprint density at radius 3 is 2.25 bits per heavy atom. The SMILES string of the molecule is FC(F)(F)C(Br)c1cccc2ccccc12. The molecule has 0 fully saturated rings. The normalized spacial score (nSPS) is 14.0. The predicted molar refractivity (Wildman–Crippen MR) is 61.7 cm³/mol. The highest BCUT2D eigenvalue weighted by molar-refractivity contribution is 9.09. The molecule has 0 bridgehead atoms. The molecule has 0 nitrogen and oxygen atoms in total. The second-order valence-corrected chi connectivity index (χ2v) is 4.39. The quantitative estimate of drug-likeness (QED) is 0.659. The van der Waals surface area contributed by atoms with E-state index in [1.54, 1.807) is 30.3 Å². The molecule has 2 rings (SSSR count). The predicted octanol–water partition coefficient (Wildman–Crippen LogP) is 4.84. The van der Waals surface area contributed by atoms with Gasteiger partial charge >= 0.3 is 6.18 Å². The van der Waals surface area contributed by atoms with Gasteiger partial charge in [-0.15, -0.1) is 0 Å². The molecule has 0 saturated heterocycles. The first kappa shape index (κ1) is 11.5. The summed E-state index contributed by atoms with van der Waals surface area (Å²) < 4.78 is 37.8. The first-order valence-electron chi connectivity index (χ1n) is 4.68. The van der Waals surface area contributed by atoms with Crippen LogP contribution in [0.1, 0.15) is 10.4 Å². The number of hydrogen-bond acceptors (Lipinski definition) is 0. The molecule has 0 heterocycles. The van der Waals surface area contributed by atoms with Crippen molar-refractivity contribution in [3.05, 3.63) is 48.0 Å². The highest BCUT2D eigenvalue weighted by Crippen LogP contribution is 2.42. The van der Waals surface area contributed by atoms with Crippen LogP contribution in [0.25, 0.3) is 10.8 Å². The molecule has 4 heteroatoms.